The van der Waals surface area contributed by atoms with Gasteiger partial charge in [0.25, 0.3) is 0 Å². The van der Waals surface area contributed by atoms with Crippen molar-refractivity contribution in [3.63, 3.8) is 0 Å². The zero-order valence-electron chi connectivity index (χ0n) is 18.7. The van der Waals surface area contributed by atoms with Crippen LogP contribution in [0.1, 0.15) is 5.56 Å². The molecular formula is C26H21ClF2N6. The normalized spacial score (nSPS) is 14.8. The van der Waals surface area contributed by atoms with E-state index in [9.17, 15) is 8.78 Å². The minimum Gasteiger partial charge on any atom is -0.339 e. The molecule has 3 aromatic carbocycles. The smallest absolute Gasteiger partial charge is 0.213 e. The molecule has 0 saturated carbocycles. The molecule has 0 unspecified atom stereocenters. The summed E-state index contributed by atoms with van der Waals surface area (Å²) < 4.78 is 29.8. The van der Waals surface area contributed by atoms with E-state index in [1.54, 1.807) is 12.1 Å². The molecule has 35 heavy (non-hydrogen) atoms. The summed E-state index contributed by atoms with van der Waals surface area (Å²) in [6.07, 6.45) is 0. The van der Waals surface area contributed by atoms with Crippen molar-refractivity contribution in [2.75, 3.05) is 31.1 Å². The molecule has 0 spiro atoms. The molecule has 0 amide bonds. The van der Waals surface area contributed by atoms with Crippen molar-refractivity contribution >= 4 is 34.1 Å². The lowest BCUT2D eigenvalue weighted by Crippen LogP contribution is -2.47. The third kappa shape index (κ3) is 3.98. The van der Waals surface area contributed by atoms with E-state index in [0.717, 1.165) is 34.1 Å². The van der Waals surface area contributed by atoms with Crippen molar-refractivity contribution in [2.24, 2.45) is 0 Å². The molecule has 0 radical (unpaired) electrons. The van der Waals surface area contributed by atoms with Gasteiger partial charge in [0.2, 0.25) is 5.95 Å². The summed E-state index contributed by atoms with van der Waals surface area (Å²) in [5, 5.41) is 10.6. The number of hydrogen-bond donors (Lipinski definition) is 0. The quantitative estimate of drug-likeness (QED) is 0.346. The van der Waals surface area contributed by atoms with E-state index >= 15 is 0 Å². The lowest BCUT2D eigenvalue weighted by Gasteiger charge is -2.35. The molecule has 3 heterocycles. The molecule has 1 aliphatic rings. The Morgan fingerprint density at radius 2 is 1.60 bits per heavy atom. The van der Waals surface area contributed by atoms with Gasteiger partial charge in [0.05, 0.1) is 5.52 Å². The van der Waals surface area contributed by atoms with E-state index < -0.39 is 11.6 Å². The second kappa shape index (κ2) is 8.87. The molecule has 6 nitrogen and oxygen atoms in total. The van der Waals surface area contributed by atoms with Gasteiger partial charge in [-0.25, -0.2) is 18.2 Å². The maximum absolute atomic E-state index is 14.2. The number of piperazine rings is 1. The Labute approximate surface area is 205 Å². The Morgan fingerprint density at radius 1 is 0.829 bits per heavy atom. The highest BCUT2D eigenvalue weighted by molar-refractivity contribution is 6.30. The monoisotopic (exact) mass is 490 g/mol. The molecule has 6 rings (SSSR count). The fraction of sp³-hybridized carbons (Fsp3) is 0.192. The number of hydrogen-bond acceptors (Lipinski definition) is 5. The number of anilines is 1. The van der Waals surface area contributed by atoms with Gasteiger partial charge in [0.15, 0.2) is 23.1 Å². The summed E-state index contributed by atoms with van der Waals surface area (Å²) in [4.78, 5) is 9.31. The zero-order chi connectivity index (χ0) is 23.9. The topological polar surface area (TPSA) is 49.6 Å². The first-order valence-electron chi connectivity index (χ1n) is 11.4. The summed E-state index contributed by atoms with van der Waals surface area (Å²) in [6, 6.07) is 19.7. The number of nitrogens with zero attached hydrogens (tertiary/aromatic N) is 6. The molecule has 1 saturated heterocycles. The first kappa shape index (κ1) is 21.9. The van der Waals surface area contributed by atoms with Crippen LogP contribution in [0.4, 0.5) is 14.7 Å². The van der Waals surface area contributed by atoms with Crippen molar-refractivity contribution in [2.45, 2.75) is 6.54 Å². The SMILES string of the molecule is Fc1cccc(CN2CCN(c3nc4ccccc4c4nnc(-c5ccc(Cl)cc5)n34)CC2)c1F. The van der Waals surface area contributed by atoms with Gasteiger partial charge < -0.3 is 4.90 Å². The highest BCUT2D eigenvalue weighted by Gasteiger charge is 2.24. The summed E-state index contributed by atoms with van der Waals surface area (Å²) in [7, 11) is 0. The minimum atomic E-state index is -0.814. The largest absolute Gasteiger partial charge is 0.339 e. The van der Waals surface area contributed by atoms with Gasteiger partial charge in [0, 0.05) is 54.3 Å². The minimum absolute atomic E-state index is 0.362. The van der Waals surface area contributed by atoms with Gasteiger partial charge in [-0.3, -0.25) is 4.90 Å². The Bertz CT molecular complexity index is 1530. The van der Waals surface area contributed by atoms with Crippen molar-refractivity contribution < 1.29 is 8.78 Å². The van der Waals surface area contributed by atoms with Gasteiger partial charge in [-0.15, -0.1) is 10.2 Å². The molecule has 9 heteroatoms. The van der Waals surface area contributed by atoms with Gasteiger partial charge >= 0.3 is 0 Å². The van der Waals surface area contributed by atoms with Crippen LogP contribution in [-0.2, 0) is 6.54 Å². The Kier molecular flexibility index (Phi) is 5.54. The third-order valence-corrected chi connectivity index (χ3v) is 6.66. The number of halogens is 3. The van der Waals surface area contributed by atoms with Crippen LogP contribution in [0.3, 0.4) is 0 Å². The van der Waals surface area contributed by atoms with Crippen molar-refractivity contribution in [1.82, 2.24) is 24.5 Å². The zero-order valence-corrected chi connectivity index (χ0v) is 19.5. The van der Waals surface area contributed by atoms with Crippen LogP contribution in [0.5, 0.6) is 0 Å². The second-order valence-electron chi connectivity index (χ2n) is 8.59. The van der Waals surface area contributed by atoms with Crippen molar-refractivity contribution in [3.05, 3.63) is 89.0 Å². The van der Waals surface area contributed by atoms with Crippen LogP contribution in [0.25, 0.3) is 27.9 Å². The summed E-state index contributed by atoms with van der Waals surface area (Å²) in [5.41, 5.74) is 2.84. The molecule has 0 aliphatic carbocycles. The summed E-state index contributed by atoms with van der Waals surface area (Å²) in [5.74, 6) is -0.143. The molecule has 2 aromatic heterocycles. The van der Waals surface area contributed by atoms with Crippen LogP contribution in [0.2, 0.25) is 5.02 Å². The Morgan fingerprint density at radius 3 is 2.40 bits per heavy atom. The number of aromatic nitrogens is 4. The Hall–Kier alpha value is -3.62. The molecule has 0 atom stereocenters. The average molecular weight is 491 g/mol. The average Bonchev–Trinajstić information content (AvgIpc) is 3.33. The molecule has 5 aromatic rings. The number of benzene rings is 3. The van der Waals surface area contributed by atoms with E-state index in [2.05, 4.69) is 20.0 Å². The van der Waals surface area contributed by atoms with E-state index in [4.69, 9.17) is 16.6 Å². The van der Waals surface area contributed by atoms with Gasteiger partial charge in [0.1, 0.15) is 0 Å². The summed E-state index contributed by atoms with van der Waals surface area (Å²) >= 11 is 6.10. The molecule has 1 aliphatic heterocycles. The molecule has 1 fully saturated rings. The van der Waals surface area contributed by atoms with Crippen LogP contribution in [0.15, 0.2) is 66.7 Å². The predicted octanol–water partition coefficient (Wildman–Crippen LogP) is 5.20. The van der Waals surface area contributed by atoms with Gasteiger partial charge in [-0.1, -0.05) is 35.9 Å². The molecule has 176 valence electrons. The number of rotatable bonds is 4. The molecule has 0 bridgehead atoms. The van der Waals surface area contributed by atoms with Crippen LogP contribution < -0.4 is 4.90 Å². The van der Waals surface area contributed by atoms with Gasteiger partial charge in [-0.05, 0) is 42.5 Å². The van der Waals surface area contributed by atoms with E-state index in [0.29, 0.717) is 49.1 Å². The highest BCUT2D eigenvalue weighted by atomic mass is 35.5. The van der Waals surface area contributed by atoms with E-state index in [-0.39, 0.29) is 0 Å². The Balaban J connectivity index is 1.36. The van der Waals surface area contributed by atoms with E-state index in [1.165, 1.54) is 0 Å². The van der Waals surface area contributed by atoms with E-state index in [1.807, 2.05) is 52.9 Å². The van der Waals surface area contributed by atoms with Crippen LogP contribution >= 0.6 is 11.6 Å². The number of fused-ring (bicyclic) bond motifs is 3. The fourth-order valence-electron chi connectivity index (χ4n) is 4.58. The van der Waals surface area contributed by atoms with Crippen LogP contribution in [0, 0.1) is 11.6 Å². The van der Waals surface area contributed by atoms with Crippen molar-refractivity contribution in [3.8, 4) is 11.4 Å². The van der Waals surface area contributed by atoms with Crippen LogP contribution in [-0.4, -0.2) is 50.7 Å². The first-order chi connectivity index (χ1) is 17.1. The van der Waals surface area contributed by atoms with Crippen molar-refractivity contribution in [1.29, 1.82) is 0 Å². The lowest BCUT2D eigenvalue weighted by atomic mass is 10.1. The number of para-hydroxylation sites is 1. The molecular weight excluding hydrogens is 470 g/mol. The second-order valence-corrected chi connectivity index (χ2v) is 9.03. The standard InChI is InChI=1S/C26H21ClF2N6/c27-19-10-8-17(9-11-19)24-31-32-25-20-5-1-2-7-22(20)30-26(35(24)25)34-14-12-33(13-15-34)16-18-4-3-6-21(28)23(18)29/h1-11H,12-16H2. The predicted molar refractivity (Wildman–Crippen MR) is 133 cm³/mol. The maximum atomic E-state index is 14.2. The maximum Gasteiger partial charge on any atom is 0.213 e. The summed E-state index contributed by atoms with van der Waals surface area (Å²) in [6.45, 7) is 3.08. The highest BCUT2D eigenvalue weighted by Crippen LogP contribution is 2.29. The first-order valence-corrected chi connectivity index (χ1v) is 11.8. The lowest BCUT2D eigenvalue weighted by molar-refractivity contribution is 0.244. The fourth-order valence-corrected chi connectivity index (χ4v) is 4.71. The molecule has 0 N–H and O–H groups in total. The van der Waals surface area contributed by atoms with Gasteiger partial charge in [-0.2, -0.15) is 0 Å². The third-order valence-electron chi connectivity index (χ3n) is 6.41.